The summed E-state index contributed by atoms with van der Waals surface area (Å²) in [6, 6.07) is 14.5. The van der Waals surface area contributed by atoms with Crippen LogP contribution in [-0.4, -0.2) is 13.2 Å². The first-order valence-electron chi connectivity index (χ1n) is 8.53. The highest BCUT2D eigenvalue weighted by Gasteiger charge is 2.17. The van der Waals surface area contributed by atoms with E-state index in [-0.39, 0.29) is 12.4 Å². The Hall–Kier alpha value is -1.42. The molecule has 0 saturated heterocycles. The van der Waals surface area contributed by atoms with Gasteiger partial charge in [0.15, 0.2) is 11.5 Å². The molecule has 0 amide bonds. The summed E-state index contributed by atoms with van der Waals surface area (Å²) in [6.07, 6.45) is 5.12. The van der Waals surface area contributed by atoms with Gasteiger partial charge in [-0.2, -0.15) is 0 Å². The van der Waals surface area contributed by atoms with Crippen molar-refractivity contribution in [3.63, 3.8) is 0 Å². The number of hydrogen-bond acceptors (Lipinski definition) is 3. The summed E-state index contributed by atoms with van der Waals surface area (Å²) in [5, 5.41) is 4.29. The molecule has 0 atom stereocenters. The van der Waals surface area contributed by atoms with E-state index >= 15 is 0 Å². The summed E-state index contributed by atoms with van der Waals surface area (Å²) in [6.45, 7) is 1.25. The Labute approximate surface area is 161 Å². The molecule has 0 bridgehead atoms. The molecule has 3 nitrogen and oxygen atoms in total. The van der Waals surface area contributed by atoms with Crippen LogP contribution in [0.1, 0.15) is 36.8 Å². The maximum atomic E-state index is 6.25. The first kappa shape index (κ1) is 19.9. The molecule has 25 heavy (non-hydrogen) atoms. The van der Waals surface area contributed by atoms with Crippen molar-refractivity contribution < 1.29 is 9.47 Å². The van der Waals surface area contributed by atoms with Gasteiger partial charge in [-0.15, -0.1) is 12.4 Å². The molecule has 0 heterocycles. The number of hydrogen-bond donors (Lipinski definition) is 1. The fraction of sp³-hybridized carbons (Fsp3) is 0.400. The molecule has 0 radical (unpaired) electrons. The molecular weight excluding hydrogens is 357 g/mol. The Morgan fingerprint density at radius 3 is 2.52 bits per heavy atom. The Balaban J connectivity index is 0.00000225. The van der Waals surface area contributed by atoms with Crippen LogP contribution in [0.4, 0.5) is 0 Å². The Bertz CT molecular complexity index is 658. The fourth-order valence-corrected chi connectivity index (χ4v) is 3.41. The summed E-state index contributed by atoms with van der Waals surface area (Å²) >= 11 is 6.25. The number of methoxy groups -OCH3 is 1. The SMILES string of the molecule is COc1cc(Cl)cc(CNC2CCCC2)c1OCc1ccccc1.Cl. The van der Waals surface area contributed by atoms with Crippen molar-refractivity contribution in [2.24, 2.45) is 0 Å². The normalized spacial score (nSPS) is 14.2. The van der Waals surface area contributed by atoms with Gasteiger partial charge in [0.2, 0.25) is 0 Å². The van der Waals surface area contributed by atoms with Crippen LogP contribution < -0.4 is 14.8 Å². The largest absolute Gasteiger partial charge is 0.493 e. The lowest BCUT2D eigenvalue weighted by atomic mass is 10.1. The van der Waals surface area contributed by atoms with Crippen LogP contribution >= 0.6 is 24.0 Å². The maximum Gasteiger partial charge on any atom is 0.166 e. The number of rotatable bonds is 7. The zero-order valence-corrected chi connectivity index (χ0v) is 16.0. The minimum Gasteiger partial charge on any atom is -0.493 e. The average Bonchev–Trinajstić information content (AvgIpc) is 3.13. The van der Waals surface area contributed by atoms with E-state index in [0.29, 0.717) is 23.4 Å². The van der Waals surface area contributed by atoms with Gasteiger partial charge in [-0.05, 0) is 24.5 Å². The van der Waals surface area contributed by atoms with E-state index < -0.39 is 0 Å². The van der Waals surface area contributed by atoms with E-state index in [4.69, 9.17) is 21.1 Å². The summed E-state index contributed by atoms with van der Waals surface area (Å²) in [5.74, 6) is 1.46. The van der Waals surface area contributed by atoms with Crippen molar-refractivity contribution in [2.45, 2.75) is 44.9 Å². The topological polar surface area (TPSA) is 30.5 Å². The number of benzene rings is 2. The quantitative estimate of drug-likeness (QED) is 0.697. The predicted octanol–water partition coefficient (Wildman–Crippen LogP) is 5.38. The molecule has 2 aromatic carbocycles. The van der Waals surface area contributed by atoms with E-state index in [9.17, 15) is 0 Å². The number of nitrogens with one attached hydrogen (secondary N) is 1. The molecule has 1 aliphatic carbocycles. The van der Waals surface area contributed by atoms with Gasteiger partial charge in [0, 0.05) is 29.2 Å². The monoisotopic (exact) mass is 381 g/mol. The van der Waals surface area contributed by atoms with Gasteiger partial charge in [-0.1, -0.05) is 54.8 Å². The fourth-order valence-electron chi connectivity index (χ4n) is 3.18. The molecule has 1 fully saturated rings. The molecule has 3 rings (SSSR count). The summed E-state index contributed by atoms with van der Waals surface area (Å²) in [7, 11) is 1.65. The van der Waals surface area contributed by atoms with Crippen molar-refractivity contribution in [3.05, 3.63) is 58.6 Å². The van der Waals surface area contributed by atoms with E-state index in [2.05, 4.69) is 17.4 Å². The third kappa shape index (κ3) is 5.53. The number of halogens is 2. The lowest BCUT2D eigenvalue weighted by molar-refractivity contribution is 0.280. The first-order valence-corrected chi connectivity index (χ1v) is 8.90. The van der Waals surface area contributed by atoms with Crippen molar-refractivity contribution in [3.8, 4) is 11.5 Å². The predicted molar refractivity (Wildman–Crippen MR) is 105 cm³/mol. The van der Waals surface area contributed by atoms with Gasteiger partial charge >= 0.3 is 0 Å². The highest BCUT2D eigenvalue weighted by atomic mass is 35.5. The second kappa shape index (κ2) is 9.91. The van der Waals surface area contributed by atoms with E-state index in [1.54, 1.807) is 13.2 Å². The van der Waals surface area contributed by atoms with Crippen molar-refractivity contribution in [2.75, 3.05) is 7.11 Å². The van der Waals surface area contributed by atoms with Crippen LogP contribution in [0, 0.1) is 0 Å². The van der Waals surface area contributed by atoms with Gasteiger partial charge in [0.1, 0.15) is 6.61 Å². The van der Waals surface area contributed by atoms with Crippen LogP contribution in [0.2, 0.25) is 5.02 Å². The molecule has 1 aliphatic rings. The van der Waals surface area contributed by atoms with Crippen molar-refractivity contribution in [1.29, 1.82) is 0 Å². The zero-order valence-electron chi connectivity index (χ0n) is 14.5. The van der Waals surface area contributed by atoms with Crippen LogP contribution in [0.3, 0.4) is 0 Å². The second-order valence-electron chi connectivity index (χ2n) is 6.23. The van der Waals surface area contributed by atoms with E-state index in [0.717, 1.165) is 23.4 Å². The molecule has 1 N–H and O–H groups in total. The molecule has 136 valence electrons. The summed E-state index contributed by atoms with van der Waals surface area (Å²) < 4.78 is 11.6. The molecule has 1 saturated carbocycles. The van der Waals surface area contributed by atoms with Gasteiger partial charge < -0.3 is 14.8 Å². The minimum absolute atomic E-state index is 0. The van der Waals surface area contributed by atoms with Crippen LogP contribution in [0.25, 0.3) is 0 Å². The van der Waals surface area contributed by atoms with Crippen LogP contribution in [0.5, 0.6) is 11.5 Å². The van der Waals surface area contributed by atoms with Gasteiger partial charge in [-0.3, -0.25) is 0 Å². The van der Waals surface area contributed by atoms with Crippen molar-refractivity contribution in [1.82, 2.24) is 5.32 Å². The Morgan fingerprint density at radius 2 is 1.84 bits per heavy atom. The summed E-state index contributed by atoms with van der Waals surface area (Å²) in [4.78, 5) is 0. The summed E-state index contributed by atoms with van der Waals surface area (Å²) in [5.41, 5.74) is 2.17. The molecule has 0 aliphatic heterocycles. The van der Waals surface area contributed by atoms with Crippen LogP contribution in [0.15, 0.2) is 42.5 Å². The lowest BCUT2D eigenvalue weighted by Gasteiger charge is -2.18. The maximum absolute atomic E-state index is 6.25. The highest BCUT2D eigenvalue weighted by molar-refractivity contribution is 6.30. The van der Waals surface area contributed by atoms with Gasteiger partial charge in [0.25, 0.3) is 0 Å². The smallest absolute Gasteiger partial charge is 0.166 e. The Kier molecular flexibility index (Phi) is 7.89. The lowest BCUT2D eigenvalue weighted by Crippen LogP contribution is -2.25. The third-order valence-electron chi connectivity index (χ3n) is 4.48. The Morgan fingerprint density at radius 1 is 1.12 bits per heavy atom. The molecule has 0 spiro atoms. The molecule has 5 heteroatoms. The zero-order chi connectivity index (χ0) is 16.8. The minimum atomic E-state index is 0. The molecule has 2 aromatic rings. The highest BCUT2D eigenvalue weighted by Crippen LogP contribution is 2.35. The first-order chi connectivity index (χ1) is 11.8. The number of ether oxygens (including phenoxy) is 2. The second-order valence-corrected chi connectivity index (χ2v) is 6.67. The molecule has 0 aromatic heterocycles. The van der Waals surface area contributed by atoms with Gasteiger partial charge in [0.05, 0.1) is 7.11 Å². The van der Waals surface area contributed by atoms with E-state index in [1.807, 2.05) is 24.3 Å². The third-order valence-corrected chi connectivity index (χ3v) is 4.70. The average molecular weight is 382 g/mol. The standard InChI is InChI=1S/C20H24ClNO2.ClH/c1-23-19-12-17(21)11-16(13-22-18-9-5-6-10-18)20(19)24-14-15-7-3-2-4-8-15;/h2-4,7-8,11-12,18,22H,5-6,9-10,13-14H2,1H3;1H. The van der Waals surface area contributed by atoms with Gasteiger partial charge in [-0.25, -0.2) is 0 Å². The van der Waals surface area contributed by atoms with E-state index in [1.165, 1.54) is 25.7 Å². The van der Waals surface area contributed by atoms with Crippen LogP contribution in [-0.2, 0) is 13.2 Å². The van der Waals surface area contributed by atoms with Crippen molar-refractivity contribution >= 4 is 24.0 Å². The molecule has 0 unspecified atom stereocenters. The molecular formula is C20H25Cl2NO2.